The Morgan fingerprint density at radius 2 is 1.70 bits per heavy atom. The summed E-state index contributed by atoms with van der Waals surface area (Å²) >= 11 is 3.43. The fourth-order valence-corrected chi connectivity index (χ4v) is 3.48. The highest BCUT2D eigenvalue weighted by atomic mass is 79.9. The molecule has 20 heavy (non-hydrogen) atoms. The number of piperidine rings is 1. The first kappa shape index (κ1) is 14.3. The summed E-state index contributed by atoms with van der Waals surface area (Å²) in [6.45, 7) is 2.12. The predicted molar refractivity (Wildman–Crippen MR) is 85.1 cm³/mol. The minimum atomic E-state index is 0.463. The molecule has 0 amide bonds. The van der Waals surface area contributed by atoms with Gasteiger partial charge in [0.2, 0.25) is 0 Å². The molecule has 1 aliphatic heterocycles. The van der Waals surface area contributed by atoms with E-state index in [2.05, 4.69) is 37.9 Å². The Kier molecular flexibility index (Phi) is 4.94. The van der Waals surface area contributed by atoms with Crippen LogP contribution in [0.4, 0.5) is 5.82 Å². The van der Waals surface area contributed by atoms with Crippen LogP contribution in [-0.4, -0.2) is 30.3 Å². The molecule has 0 N–H and O–H groups in total. The molecule has 0 unspecified atom stereocenters. The van der Waals surface area contributed by atoms with E-state index in [-0.39, 0.29) is 0 Å². The van der Waals surface area contributed by atoms with Crippen LogP contribution in [0, 0.1) is 0 Å². The number of halogens is 1. The van der Waals surface area contributed by atoms with Crippen LogP contribution < -0.4 is 4.90 Å². The zero-order valence-electron chi connectivity index (χ0n) is 11.9. The first-order valence-electron chi connectivity index (χ1n) is 7.83. The van der Waals surface area contributed by atoms with Crippen LogP contribution >= 0.6 is 15.9 Å². The van der Waals surface area contributed by atoms with Gasteiger partial charge in [-0.05, 0) is 53.7 Å². The summed E-state index contributed by atoms with van der Waals surface area (Å²) in [7, 11) is 0. The maximum atomic E-state index is 6.28. The third-order valence-corrected chi connectivity index (χ3v) is 4.88. The van der Waals surface area contributed by atoms with Crippen LogP contribution in [0.15, 0.2) is 22.8 Å². The van der Waals surface area contributed by atoms with Crippen molar-refractivity contribution >= 4 is 21.7 Å². The molecule has 3 nitrogen and oxygen atoms in total. The van der Waals surface area contributed by atoms with Crippen molar-refractivity contribution in [3.05, 3.63) is 22.8 Å². The van der Waals surface area contributed by atoms with Gasteiger partial charge in [0, 0.05) is 23.8 Å². The van der Waals surface area contributed by atoms with E-state index in [1.165, 1.54) is 32.1 Å². The standard InChI is InChI=1S/C16H23BrN2O/c17-13-6-7-16(18-12-13)19-10-8-15(9-11-19)20-14-4-2-1-3-5-14/h6-7,12,14-15H,1-5,8-11H2. The van der Waals surface area contributed by atoms with Crippen molar-refractivity contribution in [1.82, 2.24) is 4.98 Å². The highest BCUT2D eigenvalue weighted by molar-refractivity contribution is 9.10. The van der Waals surface area contributed by atoms with E-state index in [9.17, 15) is 0 Å². The Morgan fingerprint density at radius 3 is 2.35 bits per heavy atom. The number of hydrogen-bond donors (Lipinski definition) is 0. The third kappa shape index (κ3) is 3.73. The molecular formula is C16H23BrN2O. The summed E-state index contributed by atoms with van der Waals surface area (Å²) < 4.78 is 7.32. The van der Waals surface area contributed by atoms with Crippen molar-refractivity contribution < 1.29 is 4.74 Å². The van der Waals surface area contributed by atoms with Gasteiger partial charge in [0.05, 0.1) is 12.2 Å². The van der Waals surface area contributed by atoms with E-state index in [1.54, 1.807) is 0 Å². The summed E-state index contributed by atoms with van der Waals surface area (Å²) in [4.78, 5) is 6.85. The van der Waals surface area contributed by atoms with Gasteiger partial charge in [0.25, 0.3) is 0 Å². The smallest absolute Gasteiger partial charge is 0.128 e. The van der Waals surface area contributed by atoms with Crippen molar-refractivity contribution in [2.75, 3.05) is 18.0 Å². The number of rotatable bonds is 3. The molecule has 0 radical (unpaired) electrons. The average Bonchev–Trinajstić information content (AvgIpc) is 2.50. The molecule has 4 heteroatoms. The zero-order valence-corrected chi connectivity index (χ0v) is 13.5. The van der Waals surface area contributed by atoms with Crippen molar-refractivity contribution in [2.24, 2.45) is 0 Å². The number of ether oxygens (including phenoxy) is 1. The second kappa shape index (κ2) is 6.90. The number of anilines is 1. The minimum absolute atomic E-state index is 0.463. The van der Waals surface area contributed by atoms with E-state index in [4.69, 9.17) is 4.74 Å². The minimum Gasteiger partial charge on any atom is -0.375 e. The molecule has 0 atom stereocenters. The molecule has 2 heterocycles. The Bertz CT molecular complexity index is 409. The molecule has 1 aromatic rings. The highest BCUT2D eigenvalue weighted by Gasteiger charge is 2.24. The predicted octanol–water partition coefficient (Wildman–Crippen LogP) is 4.16. The topological polar surface area (TPSA) is 25.4 Å². The van der Waals surface area contributed by atoms with Crippen molar-refractivity contribution in [3.8, 4) is 0 Å². The number of aromatic nitrogens is 1. The summed E-state index contributed by atoms with van der Waals surface area (Å²) in [6.07, 6.45) is 11.8. The van der Waals surface area contributed by atoms with Gasteiger partial charge < -0.3 is 9.64 Å². The zero-order chi connectivity index (χ0) is 13.8. The maximum Gasteiger partial charge on any atom is 0.128 e. The first-order chi connectivity index (χ1) is 9.81. The van der Waals surface area contributed by atoms with Gasteiger partial charge in [-0.25, -0.2) is 4.98 Å². The fraction of sp³-hybridized carbons (Fsp3) is 0.688. The van der Waals surface area contributed by atoms with E-state index in [1.807, 2.05) is 6.20 Å². The van der Waals surface area contributed by atoms with Crippen LogP contribution in [0.5, 0.6) is 0 Å². The molecule has 0 bridgehead atoms. The summed E-state index contributed by atoms with van der Waals surface area (Å²) in [5.74, 6) is 1.09. The van der Waals surface area contributed by atoms with Crippen molar-refractivity contribution in [1.29, 1.82) is 0 Å². The van der Waals surface area contributed by atoms with Gasteiger partial charge in [-0.1, -0.05) is 19.3 Å². The van der Waals surface area contributed by atoms with Crippen molar-refractivity contribution in [3.63, 3.8) is 0 Å². The third-order valence-electron chi connectivity index (χ3n) is 4.41. The van der Waals surface area contributed by atoms with Crippen LogP contribution in [0.1, 0.15) is 44.9 Å². The van der Waals surface area contributed by atoms with Gasteiger partial charge in [-0.3, -0.25) is 0 Å². The molecular weight excluding hydrogens is 316 g/mol. The molecule has 0 aromatic carbocycles. The van der Waals surface area contributed by atoms with Crippen LogP contribution in [-0.2, 0) is 4.74 Å². The monoisotopic (exact) mass is 338 g/mol. The Balaban J connectivity index is 1.47. The van der Waals surface area contributed by atoms with E-state index in [0.717, 1.165) is 36.2 Å². The van der Waals surface area contributed by atoms with Crippen LogP contribution in [0.25, 0.3) is 0 Å². The Hall–Kier alpha value is -0.610. The van der Waals surface area contributed by atoms with Gasteiger partial charge in [0.1, 0.15) is 5.82 Å². The van der Waals surface area contributed by atoms with Crippen LogP contribution in [0.2, 0.25) is 0 Å². The highest BCUT2D eigenvalue weighted by Crippen LogP contribution is 2.26. The fourth-order valence-electron chi connectivity index (χ4n) is 3.25. The first-order valence-corrected chi connectivity index (χ1v) is 8.62. The van der Waals surface area contributed by atoms with Crippen LogP contribution in [0.3, 0.4) is 0 Å². The molecule has 1 saturated heterocycles. The normalized spacial score (nSPS) is 22.1. The number of nitrogens with zero attached hydrogens (tertiary/aromatic N) is 2. The van der Waals surface area contributed by atoms with Gasteiger partial charge in [0.15, 0.2) is 0 Å². The molecule has 1 aromatic heterocycles. The lowest BCUT2D eigenvalue weighted by Crippen LogP contribution is -2.39. The lowest BCUT2D eigenvalue weighted by atomic mass is 9.97. The Morgan fingerprint density at radius 1 is 1.00 bits per heavy atom. The average molecular weight is 339 g/mol. The molecule has 3 rings (SSSR count). The van der Waals surface area contributed by atoms with E-state index >= 15 is 0 Å². The SMILES string of the molecule is Brc1ccc(N2CCC(OC3CCCCC3)CC2)nc1. The van der Waals surface area contributed by atoms with E-state index in [0.29, 0.717) is 12.2 Å². The van der Waals surface area contributed by atoms with Gasteiger partial charge in [-0.15, -0.1) is 0 Å². The van der Waals surface area contributed by atoms with Gasteiger partial charge in [-0.2, -0.15) is 0 Å². The molecule has 0 spiro atoms. The quantitative estimate of drug-likeness (QED) is 0.827. The molecule has 1 aliphatic carbocycles. The van der Waals surface area contributed by atoms with Crippen molar-refractivity contribution in [2.45, 2.75) is 57.2 Å². The van der Waals surface area contributed by atoms with Gasteiger partial charge >= 0.3 is 0 Å². The summed E-state index contributed by atoms with van der Waals surface area (Å²) in [5, 5.41) is 0. The second-order valence-electron chi connectivity index (χ2n) is 5.92. The summed E-state index contributed by atoms with van der Waals surface area (Å²) in [6, 6.07) is 4.15. The van der Waals surface area contributed by atoms with E-state index < -0.39 is 0 Å². The second-order valence-corrected chi connectivity index (χ2v) is 6.83. The Labute approximate surface area is 129 Å². The largest absolute Gasteiger partial charge is 0.375 e. The number of pyridine rings is 1. The molecule has 110 valence electrons. The lowest BCUT2D eigenvalue weighted by Gasteiger charge is -2.35. The maximum absolute atomic E-state index is 6.28. The molecule has 2 aliphatic rings. The molecule has 2 fully saturated rings. The lowest BCUT2D eigenvalue weighted by molar-refractivity contribution is -0.0395. The molecule has 1 saturated carbocycles. The number of hydrogen-bond acceptors (Lipinski definition) is 3. The summed E-state index contributed by atoms with van der Waals surface area (Å²) in [5.41, 5.74) is 0.